The monoisotopic (exact) mass is 232 g/mol. The second-order valence-electron chi connectivity index (χ2n) is 4.33. The summed E-state index contributed by atoms with van der Waals surface area (Å²) in [6.45, 7) is 4.60. The predicted molar refractivity (Wildman–Crippen MR) is 69.3 cm³/mol. The van der Waals surface area contributed by atoms with Crippen molar-refractivity contribution in [2.24, 2.45) is 0 Å². The molecular weight excluding hydrogens is 212 g/mol. The molecule has 1 aliphatic heterocycles. The first-order chi connectivity index (χ1) is 8.33. The van der Waals surface area contributed by atoms with Gasteiger partial charge in [-0.3, -0.25) is 5.41 Å². The number of hydrogen-bond acceptors (Lipinski definition) is 2. The van der Waals surface area contributed by atoms with Crippen LogP contribution in [0.5, 0.6) is 0 Å². The fourth-order valence-electron chi connectivity index (χ4n) is 2.25. The standard InChI is InChI=1S/C14H20N2O/c1-2-17-13(12-8-4-3-5-9-12)14(15)16-10-6-7-11-16/h3-5,8-9,13,15H,2,6-7,10-11H2,1H3. The largest absolute Gasteiger partial charge is 0.366 e. The van der Waals surface area contributed by atoms with Gasteiger partial charge in [0.15, 0.2) is 0 Å². The molecule has 0 aromatic heterocycles. The highest BCUT2D eigenvalue weighted by atomic mass is 16.5. The zero-order chi connectivity index (χ0) is 12.1. The van der Waals surface area contributed by atoms with Crippen LogP contribution in [0.2, 0.25) is 0 Å². The summed E-state index contributed by atoms with van der Waals surface area (Å²) in [5, 5.41) is 8.28. The van der Waals surface area contributed by atoms with Crippen LogP contribution in [0.25, 0.3) is 0 Å². The first-order valence-electron chi connectivity index (χ1n) is 6.33. The lowest BCUT2D eigenvalue weighted by Crippen LogP contribution is -2.33. The zero-order valence-corrected chi connectivity index (χ0v) is 10.4. The summed E-state index contributed by atoms with van der Waals surface area (Å²) in [5.41, 5.74) is 1.08. The van der Waals surface area contributed by atoms with Gasteiger partial charge in [-0.05, 0) is 25.3 Å². The van der Waals surface area contributed by atoms with Crippen molar-refractivity contribution >= 4 is 5.84 Å². The van der Waals surface area contributed by atoms with Crippen molar-refractivity contribution in [3.63, 3.8) is 0 Å². The van der Waals surface area contributed by atoms with E-state index in [0.29, 0.717) is 12.4 Å². The molecule has 1 aliphatic rings. The Kier molecular flexibility index (Phi) is 4.15. The van der Waals surface area contributed by atoms with E-state index in [1.807, 2.05) is 37.3 Å². The van der Waals surface area contributed by atoms with Crippen LogP contribution in [0.4, 0.5) is 0 Å². The van der Waals surface area contributed by atoms with E-state index >= 15 is 0 Å². The second-order valence-corrected chi connectivity index (χ2v) is 4.33. The van der Waals surface area contributed by atoms with Crippen LogP contribution in [0.15, 0.2) is 30.3 Å². The fraction of sp³-hybridized carbons (Fsp3) is 0.500. The van der Waals surface area contributed by atoms with Crippen LogP contribution in [0.1, 0.15) is 31.4 Å². The highest BCUT2D eigenvalue weighted by molar-refractivity contribution is 5.85. The Morgan fingerprint density at radius 2 is 1.94 bits per heavy atom. The molecule has 0 spiro atoms. The molecule has 1 aromatic carbocycles. The molecule has 3 nitrogen and oxygen atoms in total. The molecule has 0 radical (unpaired) electrons. The van der Waals surface area contributed by atoms with Crippen molar-refractivity contribution in [1.29, 1.82) is 5.41 Å². The third kappa shape index (κ3) is 2.86. The Morgan fingerprint density at radius 3 is 2.53 bits per heavy atom. The molecule has 17 heavy (non-hydrogen) atoms. The smallest absolute Gasteiger partial charge is 0.139 e. The number of nitrogens with one attached hydrogen (secondary N) is 1. The number of nitrogens with zero attached hydrogens (tertiary/aromatic N) is 1. The highest BCUT2D eigenvalue weighted by Gasteiger charge is 2.24. The maximum absolute atomic E-state index is 8.28. The van der Waals surface area contributed by atoms with E-state index in [0.717, 1.165) is 18.7 Å². The molecule has 0 aliphatic carbocycles. The van der Waals surface area contributed by atoms with Crippen molar-refractivity contribution in [3.05, 3.63) is 35.9 Å². The van der Waals surface area contributed by atoms with Gasteiger partial charge in [0, 0.05) is 19.7 Å². The van der Waals surface area contributed by atoms with Crippen LogP contribution in [0.3, 0.4) is 0 Å². The van der Waals surface area contributed by atoms with E-state index in [1.165, 1.54) is 12.8 Å². The molecular formula is C14H20N2O. The lowest BCUT2D eigenvalue weighted by Gasteiger charge is -2.26. The van der Waals surface area contributed by atoms with E-state index < -0.39 is 0 Å². The van der Waals surface area contributed by atoms with E-state index in [-0.39, 0.29) is 6.10 Å². The molecule has 1 fully saturated rings. The second kappa shape index (κ2) is 5.82. The van der Waals surface area contributed by atoms with E-state index in [4.69, 9.17) is 10.1 Å². The van der Waals surface area contributed by atoms with Crippen molar-refractivity contribution in [2.75, 3.05) is 19.7 Å². The molecule has 0 amide bonds. The maximum atomic E-state index is 8.28. The lowest BCUT2D eigenvalue weighted by atomic mass is 10.1. The molecule has 3 heteroatoms. The van der Waals surface area contributed by atoms with Crippen molar-refractivity contribution in [3.8, 4) is 0 Å². The van der Waals surface area contributed by atoms with E-state index in [1.54, 1.807) is 0 Å². The van der Waals surface area contributed by atoms with E-state index in [9.17, 15) is 0 Å². The van der Waals surface area contributed by atoms with Gasteiger partial charge in [0.05, 0.1) is 0 Å². The summed E-state index contributed by atoms with van der Waals surface area (Å²) in [6, 6.07) is 10.1. The Bertz CT molecular complexity index is 358. The summed E-state index contributed by atoms with van der Waals surface area (Å²) < 4.78 is 5.74. The van der Waals surface area contributed by atoms with Crippen LogP contribution in [-0.4, -0.2) is 30.4 Å². The molecule has 92 valence electrons. The Hall–Kier alpha value is -1.35. The fourth-order valence-corrected chi connectivity index (χ4v) is 2.25. The van der Waals surface area contributed by atoms with Gasteiger partial charge in [0.1, 0.15) is 11.9 Å². The first kappa shape index (κ1) is 12.1. The zero-order valence-electron chi connectivity index (χ0n) is 10.4. The SMILES string of the molecule is CCOC(C(=N)N1CCCC1)c1ccccc1. The summed E-state index contributed by atoms with van der Waals surface area (Å²) in [5.74, 6) is 0.607. The van der Waals surface area contributed by atoms with Crippen LogP contribution < -0.4 is 0 Å². The molecule has 0 saturated carbocycles. The van der Waals surface area contributed by atoms with Gasteiger partial charge in [0.2, 0.25) is 0 Å². The molecule has 1 unspecified atom stereocenters. The number of rotatable bonds is 4. The van der Waals surface area contributed by atoms with Crippen molar-refractivity contribution in [1.82, 2.24) is 4.90 Å². The van der Waals surface area contributed by atoms with Crippen LogP contribution in [-0.2, 0) is 4.74 Å². The van der Waals surface area contributed by atoms with E-state index in [2.05, 4.69) is 4.90 Å². The minimum absolute atomic E-state index is 0.209. The number of amidine groups is 1. The average molecular weight is 232 g/mol. The summed E-state index contributed by atoms with van der Waals surface area (Å²) in [6.07, 6.45) is 2.17. The Labute approximate surface area is 103 Å². The number of benzene rings is 1. The van der Waals surface area contributed by atoms with Gasteiger partial charge in [-0.25, -0.2) is 0 Å². The van der Waals surface area contributed by atoms with Gasteiger partial charge in [0.25, 0.3) is 0 Å². The van der Waals surface area contributed by atoms with Gasteiger partial charge < -0.3 is 9.64 Å². The highest BCUT2D eigenvalue weighted by Crippen LogP contribution is 2.22. The van der Waals surface area contributed by atoms with Gasteiger partial charge in [-0.2, -0.15) is 0 Å². The molecule has 1 aromatic rings. The van der Waals surface area contributed by atoms with Gasteiger partial charge in [-0.1, -0.05) is 30.3 Å². The first-order valence-corrected chi connectivity index (χ1v) is 6.33. The van der Waals surface area contributed by atoms with Crippen molar-refractivity contribution in [2.45, 2.75) is 25.9 Å². The normalized spacial score (nSPS) is 17.1. The number of likely N-dealkylation sites (tertiary alicyclic amines) is 1. The molecule has 1 atom stereocenters. The molecule has 2 rings (SSSR count). The molecule has 1 N–H and O–H groups in total. The lowest BCUT2D eigenvalue weighted by molar-refractivity contribution is 0.101. The molecule has 1 saturated heterocycles. The predicted octanol–water partition coefficient (Wildman–Crippen LogP) is 2.84. The quantitative estimate of drug-likeness (QED) is 0.640. The summed E-state index contributed by atoms with van der Waals surface area (Å²) in [4.78, 5) is 2.13. The molecule has 1 heterocycles. The van der Waals surface area contributed by atoms with Gasteiger partial charge >= 0.3 is 0 Å². The van der Waals surface area contributed by atoms with Gasteiger partial charge in [-0.15, -0.1) is 0 Å². The Morgan fingerprint density at radius 1 is 1.29 bits per heavy atom. The third-order valence-electron chi connectivity index (χ3n) is 3.13. The third-order valence-corrected chi connectivity index (χ3v) is 3.13. The summed E-state index contributed by atoms with van der Waals surface area (Å²) in [7, 11) is 0. The van der Waals surface area contributed by atoms with Crippen LogP contribution >= 0.6 is 0 Å². The minimum atomic E-state index is -0.209. The maximum Gasteiger partial charge on any atom is 0.139 e. The van der Waals surface area contributed by atoms with Crippen LogP contribution in [0, 0.1) is 5.41 Å². The average Bonchev–Trinajstić information content (AvgIpc) is 2.90. The number of hydrogen-bond donors (Lipinski definition) is 1. The number of ether oxygens (including phenoxy) is 1. The topological polar surface area (TPSA) is 36.3 Å². The Balaban J connectivity index is 2.13. The van der Waals surface area contributed by atoms with Crippen molar-refractivity contribution < 1.29 is 4.74 Å². The summed E-state index contributed by atoms with van der Waals surface area (Å²) >= 11 is 0. The minimum Gasteiger partial charge on any atom is -0.366 e. The molecule has 0 bridgehead atoms.